The summed E-state index contributed by atoms with van der Waals surface area (Å²) < 4.78 is 6.15. The van der Waals surface area contributed by atoms with Crippen molar-refractivity contribution in [1.29, 1.82) is 5.26 Å². The molecule has 32 heavy (non-hydrogen) atoms. The maximum Gasteiger partial charge on any atom is 0.283 e. The lowest BCUT2D eigenvalue weighted by molar-refractivity contribution is -0.394. The van der Waals surface area contributed by atoms with E-state index >= 15 is 0 Å². The zero-order valence-electron chi connectivity index (χ0n) is 16.3. The van der Waals surface area contributed by atoms with Crippen LogP contribution in [0.2, 0.25) is 5.02 Å². The van der Waals surface area contributed by atoms with E-state index < -0.39 is 32.7 Å². The Labute approximate surface area is 187 Å². The molecule has 0 radical (unpaired) electrons. The molecule has 3 aromatic rings. The third-order valence-corrected chi connectivity index (χ3v) is 5.54. The van der Waals surface area contributed by atoms with Crippen molar-refractivity contribution in [2.45, 2.75) is 11.5 Å². The molecule has 4 rings (SSSR count). The fourth-order valence-corrected chi connectivity index (χ4v) is 3.87. The molecule has 0 fully saturated rings. The minimum atomic E-state index is -1.43. The lowest BCUT2D eigenvalue weighted by Crippen LogP contribution is -2.28. The number of benzene rings is 3. The first-order chi connectivity index (χ1) is 15.4. The number of halogens is 1. The number of hydrogen-bond acceptors (Lipinski definition) is 6. The second kappa shape index (κ2) is 8.13. The van der Waals surface area contributed by atoms with E-state index in [1.54, 1.807) is 54.6 Å². The molecule has 1 aliphatic rings. The summed E-state index contributed by atoms with van der Waals surface area (Å²) in [5.41, 5.74) is -1.10. The summed E-state index contributed by atoms with van der Waals surface area (Å²) in [5.74, 6) is 0.375. The van der Waals surface area contributed by atoms with Gasteiger partial charge in [-0.25, -0.2) is 0 Å². The van der Waals surface area contributed by atoms with Gasteiger partial charge < -0.3 is 4.74 Å². The van der Waals surface area contributed by atoms with E-state index in [1.807, 2.05) is 6.07 Å². The Hall–Kier alpha value is -4.22. The number of nitro groups is 2. The first-order valence-corrected chi connectivity index (χ1v) is 9.78. The molecule has 0 saturated carbocycles. The van der Waals surface area contributed by atoms with Crippen LogP contribution in [0, 0.1) is 31.6 Å². The largest absolute Gasteiger partial charge is 0.483 e. The molecule has 0 spiro atoms. The summed E-state index contributed by atoms with van der Waals surface area (Å²) in [6.45, 7) is 0. The van der Waals surface area contributed by atoms with Gasteiger partial charge in [0.2, 0.25) is 0 Å². The monoisotopic (exact) mass is 447 g/mol. The first kappa shape index (κ1) is 21.0. The average molecular weight is 448 g/mol. The van der Waals surface area contributed by atoms with Crippen LogP contribution >= 0.6 is 11.6 Å². The van der Waals surface area contributed by atoms with Crippen LogP contribution in [0.1, 0.15) is 22.8 Å². The second-order valence-electron chi connectivity index (χ2n) is 7.12. The predicted molar refractivity (Wildman–Crippen MR) is 117 cm³/mol. The molecule has 2 atom stereocenters. The normalized spacial score (nSPS) is 19.5. The minimum absolute atomic E-state index is 0.0549. The Morgan fingerprint density at radius 2 is 1.66 bits per heavy atom. The first-order valence-electron chi connectivity index (χ1n) is 9.40. The van der Waals surface area contributed by atoms with E-state index in [-0.39, 0.29) is 5.56 Å². The summed E-state index contributed by atoms with van der Waals surface area (Å²) in [6, 6.07) is 21.1. The van der Waals surface area contributed by atoms with Crippen molar-refractivity contribution in [3.63, 3.8) is 0 Å². The highest BCUT2D eigenvalue weighted by Gasteiger charge is 2.50. The quantitative estimate of drug-likeness (QED) is 0.364. The molecule has 1 heterocycles. The highest BCUT2D eigenvalue weighted by atomic mass is 35.5. The fraction of sp³-hybridized carbons (Fsp3) is 0.0870. The van der Waals surface area contributed by atoms with Crippen LogP contribution in [0.25, 0.3) is 5.76 Å². The van der Waals surface area contributed by atoms with E-state index in [4.69, 9.17) is 16.3 Å². The molecular formula is C23H14ClN3O5. The third-order valence-electron chi connectivity index (χ3n) is 5.29. The highest BCUT2D eigenvalue weighted by Crippen LogP contribution is 2.52. The molecular weight excluding hydrogens is 434 g/mol. The molecule has 0 aromatic heterocycles. The van der Waals surface area contributed by atoms with Crippen molar-refractivity contribution >= 4 is 28.7 Å². The Morgan fingerprint density at radius 1 is 0.969 bits per heavy atom. The average Bonchev–Trinajstić information content (AvgIpc) is 3.20. The summed E-state index contributed by atoms with van der Waals surface area (Å²) in [4.78, 5) is 21.5. The van der Waals surface area contributed by atoms with Crippen LogP contribution in [-0.2, 0) is 10.2 Å². The number of non-ortho nitro benzene ring substituents is 1. The van der Waals surface area contributed by atoms with Gasteiger partial charge in [-0.1, -0.05) is 54.1 Å². The molecule has 1 aliphatic heterocycles. The van der Waals surface area contributed by atoms with Gasteiger partial charge in [0.05, 0.1) is 27.5 Å². The molecule has 0 bridgehead atoms. The van der Waals surface area contributed by atoms with Crippen LogP contribution in [-0.4, -0.2) is 9.85 Å². The Balaban J connectivity index is 1.95. The summed E-state index contributed by atoms with van der Waals surface area (Å²) in [6.07, 6.45) is 0.506. The lowest BCUT2D eigenvalue weighted by Gasteiger charge is -2.27. The van der Waals surface area contributed by atoms with Gasteiger partial charge in [-0.05, 0) is 29.8 Å². The number of nitro benzene ring substituents is 2. The van der Waals surface area contributed by atoms with Crippen molar-refractivity contribution in [2.75, 3.05) is 0 Å². The number of hydrogen-bond donors (Lipinski definition) is 0. The standard InChI is InChI=1S/C23H14ClN3O5/c24-17-8-6-16(7-9-17)23(14-25)13-21(15-4-2-1-3-5-15)32-22(23)19-11-10-18(26(28)29)12-20(19)27(30)31/h1-13,22H/t22-,23-/m1/s1. The van der Waals surface area contributed by atoms with E-state index in [2.05, 4.69) is 6.07 Å². The zero-order valence-corrected chi connectivity index (χ0v) is 17.1. The van der Waals surface area contributed by atoms with Gasteiger partial charge in [0, 0.05) is 16.7 Å². The van der Waals surface area contributed by atoms with Gasteiger partial charge in [0.15, 0.2) is 6.10 Å². The van der Waals surface area contributed by atoms with E-state index in [0.29, 0.717) is 21.9 Å². The Kier molecular flexibility index (Phi) is 5.34. The number of ether oxygens (including phenoxy) is 1. The minimum Gasteiger partial charge on any atom is -0.483 e. The molecule has 3 aromatic carbocycles. The molecule has 0 unspecified atom stereocenters. The topological polar surface area (TPSA) is 119 Å². The van der Waals surface area contributed by atoms with Gasteiger partial charge in [-0.2, -0.15) is 5.26 Å². The fourth-order valence-electron chi connectivity index (χ4n) is 3.74. The van der Waals surface area contributed by atoms with Gasteiger partial charge in [-0.3, -0.25) is 20.2 Å². The predicted octanol–water partition coefficient (Wildman–Crippen LogP) is 5.73. The SMILES string of the molecule is N#C[C@@]1(c2ccc(Cl)cc2)C=C(c2ccccc2)O[C@@H]1c1ccc([N+](=O)[O-])cc1[N+](=O)[O-]. The Bertz CT molecular complexity index is 1290. The number of rotatable bonds is 5. The molecule has 0 saturated heterocycles. The van der Waals surface area contributed by atoms with E-state index in [9.17, 15) is 25.5 Å². The maximum absolute atomic E-state index is 11.8. The second-order valence-corrected chi connectivity index (χ2v) is 7.55. The summed E-state index contributed by atoms with van der Waals surface area (Å²) >= 11 is 6.02. The van der Waals surface area contributed by atoms with Crippen LogP contribution in [0.4, 0.5) is 11.4 Å². The van der Waals surface area contributed by atoms with E-state index in [1.165, 1.54) is 6.07 Å². The van der Waals surface area contributed by atoms with Crippen molar-refractivity contribution < 1.29 is 14.6 Å². The van der Waals surface area contributed by atoms with Crippen LogP contribution in [0.5, 0.6) is 0 Å². The molecule has 0 amide bonds. The Morgan fingerprint density at radius 3 is 2.25 bits per heavy atom. The van der Waals surface area contributed by atoms with Crippen LogP contribution in [0.3, 0.4) is 0 Å². The van der Waals surface area contributed by atoms with Gasteiger partial charge >= 0.3 is 0 Å². The molecule has 9 heteroatoms. The van der Waals surface area contributed by atoms with Gasteiger partial charge in [0.25, 0.3) is 11.4 Å². The van der Waals surface area contributed by atoms with Crippen molar-refractivity contribution in [3.8, 4) is 6.07 Å². The van der Waals surface area contributed by atoms with Crippen molar-refractivity contribution in [1.82, 2.24) is 0 Å². The van der Waals surface area contributed by atoms with Crippen molar-refractivity contribution in [3.05, 3.63) is 121 Å². The molecule has 158 valence electrons. The van der Waals surface area contributed by atoms with Crippen LogP contribution < -0.4 is 0 Å². The van der Waals surface area contributed by atoms with Gasteiger partial charge in [0.1, 0.15) is 11.2 Å². The molecule has 8 nitrogen and oxygen atoms in total. The summed E-state index contributed by atoms with van der Waals surface area (Å²) in [7, 11) is 0. The van der Waals surface area contributed by atoms with Crippen LogP contribution in [0.15, 0.2) is 78.9 Å². The van der Waals surface area contributed by atoms with Gasteiger partial charge in [-0.15, -0.1) is 0 Å². The smallest absolute Gasteiger partial charge is 0.283 e. The number of nitriles is 1. The zero-order chi connectivity index (χ0) is 22.9. The lowest BCUT2D eigenvalue weighted by atomic mass is 9.74. The molecule has 0 aliphatic carbocycles. The third kappa shape index (κ3) is 3.55. The number of nitrogens with zero attached hydrogens (tertiary/aromatic N) is 3. The van der Waals surface area contributed by atoms with E-state index in [0.717, 1.165) is 12.1 Å². The van der Waals surface area contributed by atoms with Crippen molar-refractivity contribution in [2.24, 2.45) is 0 Å². The summed E-state index contributed by atoms with van der Waals surface area (Å²) in [5, 5.41) is 33.7. The maximum atomic E-state index is 11.8. The highest BCUT2D eigenvalue weighted by molar-refractivity contribution is 6.30. The molecule has 0 N–H and O–H groups in total.